The Morgan fingerprint density at radius 1 is 0.943 bits per heavy atom. The van der Waals surface area contributed by atoms with Gasteiger partial charge < -0.3 is 23.8 Å². The minimum Gasteiger partial charge on any atom is -0.497 e. The summed E-state index contributed by atoms with van der Waals surface area (Å²) in [6.07, 6.45) is -3.71. The summed E-state index contributed by atoms with van der Waals surface area (Å²) >= 11 is 6.61. The fourth-order valence-electron chi connectivity index (χ4n) is 5.94. The van der Waals surface area contributed by atoms with Crippen LogP contribution in [-0.4, -0.2) is 56.7 Å². The Balaban J connectivity index is 1.73. The molecule has 0 aliphatic carbocycles. The van der Waals surface area contributed by atoms with Crippen LogP contribution in [0.3, 0.4) is 0 Å². The van der Waals surface area contributed by atoms with Gasteiger partial charge in [-0.1, -0.05) is 55.5 Å². The maximum absolute atomic E-state index is 16.5. The number of ether oxygens (including phenoxy) is 4. The van der Waals surface area contributed by atoms with Crippen molar-refractivity contribution in [2.75, 3.05) is 32.8 Å². The highest BCUT2D eigenvalue weighted by molar-refractivity contribution is 6.76. The number of halogens is 5. The van der Waals surface area contributed by atoms with Crippen molar-refractivity contribution < 1.29 is 41.3 Å². The van der Waals surface area contributed by atoms with Crippen molar-refractivity contribution in [3.8, 4) is 22.8 Å². The summed E-state index contributed by atoms with van der Waals surface area (Å²) in [5.41, 5.74) is -1.27. The summed E-state index contributed by atoms with van der Waals surface area (Å²) in [7, 11) is 2.77. The molecule has 282 valence electrons. The molecule has 15 heteroatoms. The SMILES string of the molecule is COC(=O)c1c(Cl)nc(-c2cc(N(Cc3ccc(OC)cc3)Cc3ccc(OC)cc3)c(F)c(C)c2C(F)(F)F)c2cnn(COCC[Si](C)(C)C)c12. The van der Waals surface area contributed by atoms with E-state index in [1.165, 1.54) is 25.1 Å². The van der Waals surface area contributed by atoms with Gasteiger partial charge in [0, 0.05) is 38.7 Å². The Kier molecular flexibility index (Phi) is 12.0. The zero-order valence-corrected chi connectivity index (χ0v) is 32.3. The predicted octanol–water partition coefficient (Wildman–Crippen LogP) is 9.54. The highest BCUT2D eigenvalue weighted by Gasteiger charge is 2.40. The number of rotatable bonds is 14. The number of aromatic nitrogens is 3. The van der Waals surface area contributed by atoms with Gasteiger partial charge >= 0.3 is 12.1 Å². The van der Waals surface area contributed by atoms with Gasteiger partial charge in [0.15, 0.2) is 0 Å². The number of nitrogens with zero attached hydrogens (tertiary/aromatic N) is 4. The van der Waals surface area contributed by atoms with Crippen molar-refractivity contribution in [3.63, 3.8) is 0 Å². The van der Waals surface area contributed by atoms with E-state index in [9.17, 15) is 4.79 Å². The molecule has 0 saturated carbocycles. The van der Waals surface area contributed by atoms with E-state index in [1.807, 2.05) is 0 Å². The first-order valence-electron chi connectivity index (χ1n) is 16.7. The molecule has 2 aromatic heterocycles. The molecule has 9 nitrogen and oxygen atoms in total. The zero-order chi connectivity index (χ0) is 38.7. The van der Waals surface area contributed by atoms with Gasteiger partial charge in [0.25, 0.3) is 0 Å². The third-order valence-electron chi connectivity index (χ3n) is 8.77. The molecular formula is C38H41ClF4N4O5Si. The number of hydrogen-bond donors (Lipinski definition) is 0. The number of methoxy groups -OCH3 is 3. The molecule has 0 unspecified atom stereocenters. The second-order valence-electron chi connectivity index (χ2n) is 13.7. The third kappa shape index (κ3) is 8.94. The van der Waals surface area contributed by atoms with Gasteiger partial charge in [0.05, 0.1) is 50.0 Å². The largest absolute Gasteiger partial charge is 0.497 e. The van der Waals surface area contributed by atoms with E-state index >= 15 is 17.6 Å². The number of carbonyl (C=O) groups excluding carboxylic acids is 1. The molecule has 0 spiro atoms. The van der Waals surface area contributed by atoms with E-state index in [0.717, 1.165) is 37.3 Å². The first-order valence-corrected chi connectivity index (χ1v) is 20.8. The van der Waals surface area contributed by atoms with Crippen molar-refractivity contribution in [1.29, 1.82) is 0 Å². The summed E-state index contributed by atoms with van der Waals surface area (Å²) in [6.45, 7) is 8.20. The topological polar surface area (TPSA) is 87.9 Å². The van der Waals surface area contributed by atoms with E-state index in [-0.39, 0.29) is 47.7 Å². The average Bonchev–Trinajstić information content (AvgIpc) is 3.53. The molecule has 3 aromatic carbocycles. The van der Waals surface area contributed by atoms with Crippen molar-refractivity contribution in [2.24, 2.45) is 0 Å². The molecule has 0 N–H and O–H groups in total. The van der Waals surface area contributed by atoms with E-state index in [4.69, 9.17) is 30.5 Å². The summed E-state index contributed by atoms with van der Waals surface area (Å²) in [4.78, 5) is 19.0. The van der Waals surface area contributed by atoms with Crippen LogP contribution in [0.25, 0.3) is 22.2 Å². The van der Waals surface area contributed by atoms with Crippen LogP contribution in [0.4, 0.5) is 23.2 Å². The van der Waals surface area contributed by atoms with Gasteiger partial charge in [-0.05, 0) is 60.0 Å². The van der Waals surface area contributed by atoms with Gasteiger partial charge in [-0.2, -0.15) is 18.3 Å². The van der Waals surface area contributed by atoms with Gasteiger partial charge in [-0.25, -0.2) is 18.9 Å². The lowest BCUT2D eigenvalue weighted by molar-refractivity contribution is -0.137. The molecule has 0 bridgehead atoms. The number of carbonyl (C=O) groups is 1. The highest BCUT2D eigenvalue weighted by Crippen LogP contribution is 2.46. The molecular weight excluding hydrogens is 732 g/mol. The number of fused-ring (bicyclic) bond motifs is 1. The lowest BCUT2D eigenvalue weighted by Gasteiger charge is -2.29. The molecule has 5 rings (SSSR count). The van der Waals surface area contributed by atoms with Crippen molar-refractivity contribution in [1.82, 2.24) is 14.8 Å². The maximum Gasteiger partial charge on any atom is 0.417 e. The van der Waals surface area contributed by atoms with Crippen LogP contribution in [-0.2, 0) is 35.5 Å². The van der Waals surface area contributed by atoms with Crippen molar-refractivity contribution >= 4 is 42.2 Å². The Labute approximate surface area is 311 Å². The third-order valence-corrected chi connectivity index (χ3v) is 10.7. The molecule has 0 saturated heterocycles. The smallest absolute Gasteiger partial charge is 0.417 e. The molecule has 0 aliphatic heterocycles. The van der Waals surface area contributed by atoms with Crippen LogP contribution in [0.1, 0.15) is 32.6 Å². The minimum absolute atomic E-state index is 0.0721. The Morgan fingerprint density at radius 2 is 1.51 bits per heavy atom. The summed E-state index contributed by atoms with van der Waals surface area (Å²) in [5.74, 6) is -0.694. The Morgan fingerprint density at radius 3 is 2.00 bits per heavy atom. The van der Waals surface area contributed by atoms with Crippen LogP contribution >= 0.6 is 11.6 Å². The van der Waals surface area contributed by atoms with E-state index < -0.39 is 47.9 Å². The van der Waals surface area contributed by atoms with Gasteiger partial charge in [-0.15, -0.1) is 0 Å². The maximum atomic E-state index is 16.5. The van der Waals surface area contributed by atoms with Crippen LogP contribution in [0.15, 0.2) is 60.8 Å². The molecule has 0 aliphatic rings. The molecule has 0 atom stereocenters. The molecule has 5 aromatic rings. The fourth-order valence-corrected chi connectivity index (χ4v) is 6.94. The standard InChI is InChI=1S/C38H41ClF4N4O5Si/c1-23-32(38(41,42)43)28(34-29-19-44-47(22-52-16-17-53(5,6)7)35(29)31(36(39)45-34)37(48)51-4)18-30(33(23)40)46(20-24-8-12-26(49-2)13-9-24)21-25-10-14-27(50-3)15-11-25/h8-15,18-19H,16-17,20-22H2,1-7H3. The molecule has 0 fully saturated rings. The first kappa shape index (κ1) is 39.5. The number of anilines is 1. The molecule has 2 heterocycles. The summed E-state index contributed by atoms with van der Waals surface area (Å²) in [5, 5.41) is 4.04. The molecule has 53 heavy (non-hydrogen) atoms. The van der Waals surface area contributed by atoms with Crippen LogP contribution in [0.5, 0.6) is 11.5 Å². The predicted molar refractivity (Wildman–Crippen MR) is 199 cm³/mol. The van der Waals surface area contributed by atoms with E-state index in [2.05, 4.69) is 29.7 Å². The van der Waals surface area contributed by atoms with E-state index in [1.54, 1.807) is 53.4 Å². The second kappa shape index (κ2) is 16.1. The number of pyridine rings is 1. The van der Waals surface area contributed by atoms with Crippen LogP contribution in [0.2, 0.25) is 30.8 Å². The summed E-state index contributed by atoms with van der Waals surface area (Å²) < 4.78 is 84.4. The van der Waals surface area contributed by atoms with Crippen LogP contribution in [0, 0.1) is 12.7 Å². The Hall–Kier alpha value is -4.66. The van der Waals surface area contributed by atoms with Gasteiger partial charge in [-0.3, -0.25) is 0 Å². The average molecular weight is 773 g/mol. The first-order chi connectivity index (χ1) is 25.1. The number of benzene rings is 3. The van der Waals surface area contributed by atoms with Crippen LogP contribution < -0.4 is 14.4 Å². The lowest BCUT2D eigenvalue weighted by atomic mass is 9.94. The van der Waals surface area contributed by atoms with Gasteiger partial charge in [0.1, 0.15) is 34.8 Å². The monoisotopic (exact) mass is 772 g/mol. The summed E-state index contributed by atoms with van der Waals surface area (Å²) in [6, 6.07) is 16.2. The highest BCUT2D eigenvalue weighted by atomic mass is 35.5. The number of esters is 1. The quantitative estimate of drug-likeness (QED) is 0.0363. The molecule has 0 radical (unpaired) electrons. The Bertz CT molecular complexity index is 2040. The number of hydrogen-bond acceptors (Lipinski definition) is 8. The lowest BCUT2D eigenvalue weighted by Crippen LogP contribution is -2.25. The van der Waals surface area contributed by atoms with Crippen molar-refractivity contribution in [2.45, 2.75) is 58.6 Å². The van der Waals surface area contributed by atoms with E-state index in [0.29, 0.717) is 18.1 Å². The normalized spacial score (nSPS) is 11.9. The van der Waals surface area contributed by atoms with Gasteiger partial charge in [0.2, 0.25) is 0 Å². The minimum atomic E-state index is -5.01. The molecule has 0 amide bonds. The zero-order valence-electron chi connectivity index (χ0n) is 30.5. The number of alkyl halides is 3. The second-order valence-corrected chi connectivity index (χ2v) is 19.7. The fraction of sp³-hybridized carbons (Fsp3) is 0.342. The van der Waals surface area contributed by atoms with Crippen molar-refractivity contribution in [3.05, 3.63) is 99.6 Å².